The van der Waals surface area contributed by atoms with Crippen LogP contribution in [0.2, 0.25) is 13.1 Å². The van der Waals surface area contributed by atoms with Crippen LogP contribution in [0.1, 0.15) is 25.3 Å². The summed E-state index contributed by atoms with van der Waals surface area (Å²) >= 11 is -0.826. The molecule has 0 aliphatic rings. The first-order chi connectivity index (χ1) is 22.0. The maximum absolute atomic E-state index is 4.93. The number of fused-ring (bicyclic) bond motifs is 6. The largest absolute Gasteiger partial charge is 0.126 e. The minimum Gasteiger partial charge on any atom is -0.126 e. The van der Waals surface area contributed by atoms with Crippen LogP contribution in [0.3, 0.4) is 0 Å². The predicted octanol–water partition coefficient (Wildman–Crippen LogP) is 13.5. The molecule has 0 aliphatic heterocycles. The van der Waals surface area contributed by atoms with Crippen molar-refractivity contribution in [3.05, 3.63) is 145 Å². The molecule has 0 fully saturated rings. The summed E-state index contributed by atoms with van der Waals surface area (Å²) < 4.78 is 0. The van der Waals surface area contributed by atoms with Crippen molar-refractivity contribution in [1.82, 2.24) is 0 Å². The third-order valence-corrected chi connectivity index (χ3v) is 8.00. The molecule has 4 heteroatoms. The van der Waals surface area contributed by atoms with Crippen LogP contribution < -0.4 is 0 Å². The van der Waals surface area contributed by atoms with Gasteiger partial charge in [-0.25, -0.2) is 0 Å². The van der Waals surface area contributed by atoms with Crippen molar-refractivity contribution in [2.24, 2.45) is 0 Å². The van der Waals surface area contributed by atoms with E-state index in [4.69, 9.17) is 17.0 Å². The average molecular weight is 719 g/mol. The first kappa shape index (κ1) is 33.4. The molecule has 0 spiro atoms. The molecule has 2 radical (unpaired) electrons. The van der Waals surface area contributed by atoms with Crippen molar-refractivity contribution >= 4 is 80.4 Å². The van der Waals surface area contributed by atoms with Gasteiger partial charge < -0.3 is 0 Å². The Bertz CT molecular complexity index is 2050. The second-order valence-corrected chi connectivity index (χ2v) is 16.1. The number of hydrogen-bond acceptors (Lipinski definition) is 0. The molecule has 0 aromatic heterocycles. The van der Waals surface area contributed by atoms with Gasteiger partial charge >= 0.3 is 37.9 Å². The molecule has 0 nitrogen and oxygen atoms in total. The first-order valence-electron chi connectivity index (χ1n) is 15.2. The molecule has 0 bridgehead atoms. The molecule has 0 aliphatic carbocycles. The van der Waals surface area contributed by atoms with Gasteiger partial charge in [-0.2, -0.15) is 6.07 Å². The summed E-state index contributed by atoms with van der Waals surface area (Å²) in [4.78, 5) is 0. The van der Waals surface area contributed by atoms with Gasteiger partial charge in [0.05, 0.1) is 0 Å². The summed E-state index contributed by atoms with van der Waals surface area (Å²) in [6.07, 6.45) is 0. The van der Waals surface area contributed by atoms with Crippen LogP contribution >= 0.6 is 17.0 Å². The van der Waals surface area contributed by atoms with Gasteiger partial charge in [0.25, 0.3) is 0 Å². The van der Waals surface area contributed by atoms with E-state index >= 15 is 0 Å². The minimum atomic E-state index is -0.826. The zero-order valence-corrected chi connectivity index (χ0v) is 31.1. The summed E-state index contributed by atoms with van der Waals surface area (Å²) in [5.41, 5.74) is 4.10. The average Bonchev–Trinajstić information content (AvgIpc) is 3.67. The van der Waals surface area contributed by atoms with E-state index in [0.717, 1.165) is 9.52 Å². The molecular weight excluding hydrogens is 683 g/mol. The Kier molecular flexibility index (Phi) is 11.9. The molecule has 0 atom stereocenters. The third-order valence-electron chi connectivity index (χ3n) is 8.00. The van der Waals surface area contributed by atoms with Crippen molar-refractivity contribution in [1.29, 1.82) is 0 Å². The smallest absolute Gasteiger partial charge is 0.0771 e. The molecular formula is C41H36Cl2SiZr. The van der Waals surface area contributed by atoms with Gasteiger partial charge in [-0.1, -0.05) is 124 Å². The van der Waals surface area contributed by atoms with E-state index < -0.39 is 20.8 Å². The maximum atomic E-state index is 4.93. The monoisotopic (exact) mass is 716 g/mol. The maximum Gasteiger partial charge on any atom is -0.0771 e. The summed E-state index contributed by atoms with van der Waals surface area (Å²) in [5.74, 6) is 0.541. The molecule has 8 aromatic carbocycles. The Morgan fingerprint density at radius 3 is 1.47 bits per heavy atom. The minimum absolute atomic E-state index is 0.541. The van der Waals surface area contributed by atoms with E-state index in [1.807, 2.05) is 0 Å². The standard InChI is InChI=1S/C26H21.C13H9.C2H6Si.2ClH.Zr/c1-17(2)21-15-20-10-7-13-24(25(20)16-21)26-22-11-5-3-8-18(22)14-19-9-4-6-12-23(19)26;1-3-7-12-10(5-1)9-11-6-2-4-8-13(11)12;1-3-2;;;/h3-17H,1-2H3;1-9H;1-2H3;2*1H;/q2*-1;;;;+4/p-2. The van der Waals surface area contributed by atoms with Crippen LogP contribution in [0.15, 0.2) is 140 Å². The van der Waals surface area contributed by atoms with Gasteiger partial charge in [-0.3, -0.25) is 0 Å². The van der Waals surface area contributed by atoms with E-state index in [1.54, 1.807) is 0 Å². The van der Waals surface area contributed by atoms with Crippen molar-refractivity contribution < 1.29 is 20.8 Å². The number of rotatable bonds is 2. The predicted molar refractivity (Wildman–Crippen MR) is 200 cm³/mol. The number of hydrogen-bond donors (Lipinski definition) is 0. The molecule has 0 unspecified atom stereocenters. The van der Waals surface area contributed by atoms with Crippen molar-refractivity contribution in [3.63, 3.8) is 0 Å². The summed E-state index contributed by atoms with van der Waals surface area (Å²) in [5, 5.41) is 13.3. The fourth-order valence-electron chi connectivity index (χ4n) is 6.02. The Hall–Kier alpha value is -3.00. The van der Waals surface area contributed by atoms with Gasteiger partial charge in [0.1, 0.15) is 0 Å². The summed E-state index contributed by atoms with van der Waals surface area (Å²) in [7, 11) is 11.0. The van der Waals surface area contributed by atoms with Crippen LogP contribution in [-0.4, -0.2) is 9.52 Å². The van der Waals surface area contributed by atoms with Crippen LogP contribution in [0, 0.1) is 0 Å². The number of halogens is 2. The summed E-state index contributed by atoms with van der Waals surface area (Å²) in [6, 6.07) is 50.5. The quantitative estimate of drug-likeness (QED) is 0.0948. The second kappa shape index (κ2) is 16.0. The Morgan fingerprint density at radius 1 is 0.533 bits per heavy atom. The Labute approximate surface area is 288 Å². The normalized spacial score (nSPS) is 10.6. The molecule has 0 amide bonds. The van der Waals surface area contributed by atoms with Crippen LogP contribution in [0.4, 0.5) is 0 Å². The van der Waals surface area contributed by atoms with E-state index in [1.165, 1.54) is 70.6 Å². The zero-order chi connectivity index (χ0) is 31.8. The van der Waals surface area contributed by atoms with E-state index in [9.17, 15) is 0 Å². The number of benzene rings is 6. The zero-order valence-electron chi connectivity index (χ0n) is 26.1. The van der Waals surface area contributed by atoms with E-state index in [2.05, 4.69) is 166 Å². The van der Waals surface area contributed by atoms with E-state index in [-0.39, 0.29) is 0 Å². The van der Waals surface area contributed by atoms with Crippen molar-refractivity contribution in [2.45, 2.75) is 32.9 Å². The molecule has 8 rings (SSSR count). The Morgan fingerprint density at radius 2 is 0.956 bits per heavy atom. The van der Waals surface area contributed by atoms with Gasteiger partial charge in [0, 0.05) is 9.52 Å². The fourth-order valence-corrected chi connectivity index (χ4v) is 6.02. The van der Waals surface area contributed by atoms with Gasteiger partial charge in [0.2, 0.25) is 0 Å². The van der Waals surface area contributed by atoms with E-state index in [0.29, 0.717) is 5.92 Å². The fraction of sp³-hybridized carbons (Fsp3) is 0.122. The van der Waals surface area contributed by atoms with Gasteiger partial charge in [0.15, 0.2) is 0 Å². The molecule has 45 heavy (non-hydrogen) atoms. The topological polar surface area (TPSA) is 0 Å². The molecule has 0 heterocycles. The molecule has 0 N–H and O–H groups in total. The van der Waals surface area contributed by atoms with Crippen molar-refractivity contribution in [3.8, 4) is 11.1 Å². The second-order valence-electron chi connectivity index (χ2n) is 11.3. The van der Waals surface area contributed by atoms with Gasteiger partial charge in [-0.15, -0.1) is 74.3 Å². The third kappa shape index (κ3) is 7.53. The SMILES string of the molecule is CC(C)c1cc2c(-c3c4ccccc4cc4ccccc34)cccc2[cH-]1.C[Si]C.[Cl][Zr+2][Cl].c1ccc2c(c1)[cH-]c1ccccc12. The molecule has 0 saturated carbocycles. The summed E-state index contributed by atoms with van der Waals surface area (Å²) in [6.45, 7) is 8.84. The molecule has 222 valence electrons. The van der Waals surface area contributed by atoms with Crippen LogP contribution in [0.5, 0.6) is 0 Å². The Balaban J connectivity index is 0.000000175. The van der Waals surface area contributed by atoms with Crippen LogP contribution in [0.25, 0.3) is 65.0 Å². The first-order valence-corrected chi connectivity index (χ1v) is 23.5. The van der Waals surface area contributed by atoms with Gasteiger partial charge in [-0.05, 0) is 39.1 Å². The molecule has 8 aromatic rings. The molecule has 0 saturated heterocycles. The van der Waals surface area contributed by atoms with Crippen molar-refractivity contribution in [2.75, 3.05) is 0 Å². The van der Waals surface area contributed by atoms with Crippen LogP contribution in [-0.2, 0) is 20.8 Å².